The topological polar surface area (TPSA) is 126 Å². The molecule has 0 saturated carbocycles. The van der Waals surface area contributed by atoms with E-state index in [0.29, 0.717) is 23.0 Å². The average molecular weight is 352 g/mol. The Hall–Kier alpha value is -3.75. The minimum absolute atomic E-state index is 0.154. The number of nitrogens with one attached hydrogen (secondary N) is 3. The third kappa shape index (κ3) is 3.51. The number of amides is 1. The molecule has 0 atom stereocenters. The van der Waals surface area contributed by atoms with Crippen LogP contribution in [0, 0.1) is 17.0 Å². The van der Waals surface area contributed by atoms with Gasteiger partial charge >= 0.3 is 0 Å². The van der Waals surface area contributed by atoms with Crippen LogP contribution in [0.25, 0.3) is 11.4 Å². The van der Waals surface area contributed by atoms with E-state index in [1.807, 2.05) is 6.07 Å². The van der Waals surface area contributed by atoms with Crippen molar-refractivity contribution in [2.24, 2.45) is 0 Å². The maximum absolute atomic E-state index is 12.6. The van der Waals surface area contributed by atoms with E-state index in [0.717, 1.165) is 5.56 Å². The molecule has 1 amide bonds. The molecular formula is C17H16N6O3. The van der Waals surface area contributed by atoms with Crippen LogP contribution in [0.15, 0.2) is 42.5 Å². The van der Waals surface area contributed by atoms with Gasteiger partial charge in [-0.2, -0.15) is 5.10 Å². The first-order valence-corrected chi connectivity index (χ1v) is 7.75. The van der Waals surface area contributed by atoms with Crippen LogP contribution in [-0.2, 0) is 0 Å². The van der Waals surface area contributed by atoms with Crippen molar-refractivity contribution in [1.82, 2.24) is 15.2 Å². The lowest BCUT2D eigenvalue weighted by Crippen LogP contribution is -2.14. The molecule has 3 aromatic rings. The molecule has 2 aromatic carbocycles. The molecule has 0 aliphatic heterocycles. The number of nitro benzene ring substituents is 1. The lowest BCUT2D eigenvalue weighted by Gasteiger charge is -2.10. The van der Waals surface area contributed by atoms with Gasteiger partial charge in [-0.15, -0.1) is 0 Å². The smallest absolute Gasteiger partial charge is 0.270 e. The molecular weight excluding hydrogens is 336 g/mol. The zero-order valence-electron chi connectivity index (χ0n) is 14.1. The SMILES string of the molecule is CNc1ccc([N+](=O)[O-])cc1C(=O)Nc1cccc(-c2n[nH]c(C)n2)c1. The first-order valence-electron chi connectivity index (χ1n) is 7.75. The number of aromatic amines is 1. The molecule has 0 bridgehead atoms. The van der Waals surface area contributed by atoms with Gasteiger partial charge in [0.25, 0.3) is 11.6 Å². The van der Waals surface area contributed by atoms with Gasteiger partial charge in [0.05, 0.1) is 10.5 Å². The number of nitrogens with zero attached hydrogens (tertiary/aromatic N) is 3. The quantitative estimate of drug-likeness (QED) is 0.479. The number of carbonyl (C=O) groups is 1. The zero-order chi connectivity index (χ0) is 18.7. The zero-order valence-corrected chi connectivity index (χ0v) is 14.1. The number of non-ortho nitro benzene ring substituents is 1. The number of rotatable bonds is 5. The van der Waals surface area contributed by atoms with Crippen LogP contribution >= 0.6 is 0 Å². The van der Waals surface area contributed by atoms with Gasteiger partial charge in [-0.25, -0.2) is 4.98 Å². The van der Waals surface area contributed by atoms with E-state index in [9.17, 15) is 14.9 Å². The van der Waals surface area contributed by atoms with Gasteiger partial charge < -0.3 is 10.6 Å². The summed E-state index contributed by atoms with van der Waals surface area (Å²) in [5.41, 5.74) is 1.79. The van der Waals surface area contributed by atoms with Crippen molar-refractivity contribution in [1.29, 1.82) is 0 Å². The highest BCUT2D eigenvalue weighted by Crippen LogP contribution is 2.24. The molecule has 1 heterocycles. The third-order valence-corrected chi connectivity index (χ3v) is 3.70. The average Bonchev–Trinajstić information content (AvgIpc) is 3.07. The molecule has 0 aliphatic carbocycles. The molecule has 0 unspecified atom stereocenters. The number of hydrogen-bond acceptors (Lipinski definition) is 6. The Balaban J connectivity index is 1.89. The highest BCUT2D eigenvalue weighted by atomic mass is 16.6. The summed E-state index contributed by atoms with van der Waals surface area (Å²) in [6.45, 7) is 1.80. The Labute approximate surface area is 148 Å². The first-order chi connectivity index (χ1) is 12.5. The molecule has 0 aliphatic rings. The third-order valence-electron chi connectivity index (χ3n) is 3.70. The number of anilines is 2. The summed E-state index contributed by atoms with van der Waals surface area (Å²) in [5, 5.41) is 23.4. The van der Waals surface area contributed by atoms with E-state index >= 15 is 0 Å². The Morgan fingerprint density at radius 2 is 2.04 bits per heavy atom. The summed E-state index contributed by atoms with van der Waals surface area (Å²) in [7, 11) is 1.64. The number of carbonyl (C=O) groups excluding carboxylic acids is 1. The van der Waals surface area contributed by atoms with E-state index in [1.165, 1.54) is 18.2 Å². The van der Waals surface area contributed by atoms with Crippen LogP contribution < -0.4 is 10.6 Å². The molecule has 3 N–H and O–H groups in total. The summed E-state index contributed by atoms with van der Waals surface area (Å²) < 4.78 is 0. The van der Waals surface area contributed by atoms with Gasteiger partial charge in [-0.1, -0.05) is 12.1 Å². The molecule has 0 spiro atoms. The van der Waals surface area contributed by atoms with Crippen LogP contribution in [0.5, 0.6) is 0 Å². The fourth-order valence-corrected chi connectivity index (χ4v) is 2.46. The molecule has 9 nitrogen and oxygen atoms in total. The molecule has 0 saturated heterocycles. The van der Waals surface area contributed by atoms with Gasteiger partial charge in [0.15, 0.2) is 5.82 Å². The second kappa shape index (κ2) is 7.01. The lowest BCUT2D eigenvalue weighted by atomic mass is 10.1. The normalized spacial score (nSPS) is 10.4. The van der Waals surface area contributed by atoms with Crippen LogP contribution in [0.4, 0.5) is 17.1 Å². The summed E-state index contributed by atoms with van der Waals surface area (Å²) in [5.74, 6) is 0.746. The second-order valence-electron chi connectivity index (χ2n) is 5.52. The van der Waals surface area contributed by atoms with Gasteiger partial charge in [0.2, 0.25) is 0 Å². The molecule has 0 radical (unpaired) electrons. The van der Waals surface area contributed by atoms with Crippen LogP contribution in [0.3, 0.4) is 0 Å². The fraction of sp³-hybridized carbons (Fsp3) is 0.118. The van der Waals surface area contributed by atoms with Crippen molar-refractivity contribution in [3.05, 3.63) is 64.0 Å². The van der Waals surface area contributed by atoms with Gasteiger partial charge in [0, 0.05) is 36.1 Å². The van der Waals surface area contributed by atoms with Crippen molar-refractivity contribution in [3.63, 3.8) is 0 Å². The monoisotopic (exact) mass is 352 g/mol. The molecule has 0 fully saturated rings. The molecule has 26 heavy (non-hydrogen) atoms. The van der Waals surface area contributed by atoms with E-state index < -0.39 is 10.8 Å². The highest BCUT2D eigenvalue weighted by molar-refractivity contribution is 6.08. The van der Waals surface area contributed by atoms with Crippen molar-refractivity contribution in [2.75, 3.05) is 17.7 Å². The number of H-pyrrole nitrogens is 1. The standard InChI is InChI=1S/C17H16N6O3/c1-10-19-16(22-21-10)11-4-3-5-12(8-11)20-17(24)14-9-13(23(25)26)6-7-15(14)18-2/h3-9,18H,1-2H3,(H,20,24)(H,19,21,22). The predicted octanol–water partition coefficient (Wildman–Crippen LogP) is 2.98. The van der Waals surface area contributed by atoms with Gasteiger partial charge in [0.1, 0.15) is 5.82 Å². The van der Waals surface area contributed by atoms with E-state index in [2.05, 4.69) is 25.8 Å². The predicted molar refractivity (Wildman–Crippen MR) is 97.2 cm³/mol. The minimum Gasteiger partial charge on any atom is -0.387 e. The largest absolute Gasteiger partial charge is 0.387 e. The van der Waals surface area contributed by atoms with Crippen LogP contribution in [0.1, 0.15) is 16.2 Å². The summed E-state index contributed by atoms with van der Waals surface area (Å²) >= 11 is 0. The molecule has 3 rings (SSSR count). The van der Waals surface area contributed by atoms with Crippen molar-refractivity contribution in [2.45, 2.75) is 6.92 Å². The maximum atomic E-state index is 12.6. The fourth-order valence-electron chi connectivity index (χ4n) is 2.46. The number of hydrogen-bond donors (Lipinski definition) is 3. The first kappa shape index (κ1) is 17.1. The van der Waals surface area contributed by atoms with Crippen molar-refractivity contribution in [3.8, 4) is 11.4 Å². The molecule has 132 valence electrons. The van der Waals surface area contributed by atoms with Gasteiger partial charge in [-0.3, -0.25) is 20.0 Å². The number of benzene rings is 2. The summed E-state index contributed by atoms with van der Waals surface area (Å²) in [6.07, 6.45) is 0. The number of aromatic nitrogens is 3. The second-order valence-corrected chi connectivity index (χ2v) is 5.52. The Morgan fingerprint density at radius 1 is 1.23 bits per heavy atom. The summed E-state index contributed by atoms with van der Waals surface area (Å²) in [6, 6.07) is 11.1. The number of nitro groups is 1. The van der Waals surface area contributed by atoms with Crippen LogP contribution in [-0.4, -0.2) is 33.1 Å². The Kier molecular flexibility index (Phi) is 4.61. The molecule has 1 aromatic heterocycles. The van der Waals surface area contributed by atoms with E-state index in [1.54, 1.807) is 32.2 Å². The van der Waals surface area contributed by atoms with Crippen molar-refractivity contribution < 1.29 is 9.72 Å². The van der Waals surface area contributed by atoms with Crippen molar-refractivity contribution >= 4 is 23.0 Å². The van der Waals surface area contributed by atoms with Gasteiger partial charge in [-0.05, 0) is 25.1 Å². The Bertz CT molecular complexity index is 982. The van der Waals surface area contributed by atoms with E-state index in [-0.39, 0.29) is 11.3 Å². The summed E-state index contributed by atoms with van der Waals surface area (Å²) in [4.78, 5) is 27.3. The number of aryl methyl sites for hydroxylation is 1. The molecule has 9 heteroatoms. The lowest BCUT2D eigenvalue weighted by molar-refractivity contribution is -0.384. The Morgan fingerprint density at radius 3 is 2.69 bits per heavy atom. The van der Waals surface area contributed by atoms with Crippen LogP contribution in [0.2, 0.25) is 0 Å². The maximum Gasteiger partial charge on any atom is 0.270 e. The highest BCUT2D eigenvalue weighted by Gasteiger charge is 2.17. The van der Waals surface area contributed by atoms with E-state index in [4.69, 9.17) is 0 Å². The minimum atomic E-state index is -0.539.